The first kappa shape index (κ1) is 15.5. The van der Waals surface area contributed by atoms with Gasteiger partial charge in [-0.1, -0.05) is 29.4 Å². The molecule has 1 heterocycles. The number of rotatable bonds is 3. The SMILES string of the molecule is CN(C)CCC=C1c2cc(O)ccc2Sc2ccc(Cl)cc21. The Labute approximate surface area is 140 Å². The molecule has 114 valence electrons. The predicted molar refractivity (Wildman–Crippen MR) is 93.9 cm³/mol. The minimum absolute atomic E-state index is 0.295. The minimum Gasteiger partial charge on any atom is -0.508 e. The molecule has 22 heavy (non-hydrogen) atoms. The third-order valence-corrected chi connectivity index (χ3v) is 5.02. The van der Waals surface area contributed by atoms with Gasteiger partial charge in [0.1, 0.15) is 5.75 Å². The summed E-state index contributed by atoms with van der Waals surface area (Å²) < 4.78 is 0. The van der Waals surface area contributed by atoms with Gasteiger partial charge in [0.25, 0.3) is 0 Å². The average molecular weight is 332 g/mol. The highest BCUT2D eigenvalue weighted by Crippen LogP contribution is 2.47. The maximum Gasteiger partial charge on any atom is 0.116 e. The molecule has 1 N–H and O–H groups in total. The van der Waals surface area contributed by atoms with Gasteiger partial charge in [-0.3, -0.25) is 0 Å². The second-order valence-electron chi connectivity index (χ2n) is 5.63. The standard InChI is InChI=1S/C18H18ClNOS/c1-20(2)9-3-4-14-15-10-12(19)5-7-17(15)22-18-8-6-13(21)11-16(14)18/h4-8,10-11,21H,3,9H2,1-2H3. The Balaban J connectivity index is 2.09. The van der Waals surface area contributed by atoms with E-state index >= 15 is 0 Å². The Kier molecular flexibility index (Phi) is 4.48. The summed E-state index contributed by atoms with van der Waals surface area (Å²) in [5.74, 6) is 0.295. The molecule has 0 radical (unpaired) electrons. The molecule has 0 aliphatic carbocycles. The second kappa shape index (κ2) is 6.37. The molecule has 0 saturated carbocycles. The number of fused-ring (bicyclic) bond motifs is 2. The molecule has 0 aromatic heterocycles. The molecule has 1 aliphatic heterocycles. The Bertz CT molecular complexity index is 686. The molecular weight excluding hydrogens is 314 g/mol. The summed E-state index contributed by atoms with van der Waals surface area (Å²) in [6, 6.07) is 11.6. The fourth-order valence-electron chi connectivity index (χ4n) is 2.57. The van der Waals surface area contributed by atoms with Crippen LogP contribution in [0.4, 0.5) is 0 Å². The van der Waals surface area contributed by atoms with Gasteiger partial charge >= 0.3 is 0 Å². The van der Waals surface area contributed by atoms with Gasteiger partial charge in [-0.2, -0.15) is 0 Å². The molecule has 4 heteroatoms. The van der Waals surface area contributed by atoms with Gasteiger partial charge in [0, 0.05) is 21.4 Å². The zero-order chi connectivity index (χ0) is 15.7. The molecule has 0 fully saturated rings. The van der Waals surface area contributed by atoms with Crippen molar-refractivity contribution in [2.24, 2.45) is 0 Å². The number of hydrogen-bond donors (Lipinski definition) is 1. The smallest absolute Gasteiger partial charge is 0.116 e. The minimum atomic E-state index is 0.295. The highest BCUT2D eigenvalue weighted by Gasteiger charge is 2.21. The summed E-state index contributed by atoms with van der Waals surface area (Å²) in [6.45, 7) is 0.987. The van der Waals surface area contributed by atoms with E-state index < -0.39 is 0 Å². The largest absolute Gasteiger partial charge is 0.508 e. The van der Waals surface area contributed by atoms with Gasteiger partial charge in [-0.05, 0) is 73.6 Å². The molecule has 0 atom stereocenters. The van der Waals surface area contributed by atoms with E-state index in [9.17, 15) is 5.11 Å². The van der Waals surface area contributed by atoms with Crippen LogP contribution in [0, 0.1) is 0 Å². The fraction of sp³-hybridized carbons (Fsp3) is 0.222. The topological polar surface area (TPSA) is 23.5 Å². The number of hydrogen-bond acceptors (Lipinski definition) is 3. The first-order chi connectivity index (χ1) is 10.5. The molecule has 0 amide bonds. The van der Waals surface area contributed by atoms with Crippen molar-refractivity contribution in [3.8, 4) is 5.75 Å². The Morgan fingerprint density at radius 2 is 1.77 bits per heavy atom. The van der Waals surface area contributed by atoms with Crippen molar-refractivity contribution in [3.05, 3.63) is 58.6 Å². The highest BCUT2D eigenvalue weighted by atomic mass is 35.5. The van der Waals surface area contributed by atoms with Crippen LogP contribution in [-0.4, -0.2) is 30.6 Å². The summed E-state index contributed by atoms with van der Waals surface area (Å²) in [7, 11) is 4.14. The molecule has 0 saturated heterocycles. The summed E-state index contributed by atoms with van der Waals surface area (Å²) >= 11 is 7.91. The normalized spacial score (nSPS) is 15.0. The third-order valence-electron chi connectivity index (χ3n) is 3.63. The van der Waals surface area contributed by atoms with Crippen LogP contribution in [0.5, 0.6) is 5.75 Å². The van der Waals surface area contributed by atoms with Crippen LogP contribution in [0.2, 0.25) is 5.02 Å². The van der Waals surface area contributed by atoms with Gasteiger partial charge in [0.05, 0.1) is 0 Å². The van der Waals surface area contributed by atoms with Crippen molar-refractivity contribution < 1.29 is 5.11 Å². The van der Waals surface area contributed by atoms with Crippen LogP contribution >= 0.6 is 23.4 Å². The lowest BCUT2D eigenvalue weighted by Crippen LogP contribution is -2.12. The zero-order valence-electron chi connectivity index (χ0n) is 12.6. The Morgan fingerprint density at radius 3 is 2.50 bits per heavy atom. The molecular formula is C18H18ClNOS. The number of halogens is 1. The number of benzene rings is 2. The molecule has 0 spiro atoms. The molecule has 0 unspecified atom stereocenters. The van der Waals surface area contributed by atoms with Crippen molar-refractivity contribution >= 4 is 28.9 Å². The molecule has 2 nitrogen and oxygen atoms in total. The molecule has 0 bridgehead atoms. The number of nitrogens with zero attached hydrogens (tertiary/aromatic N) is 1. The van der Waals surface area contributed by atoms with Crippen LogP contribution in [0.25, 0.3) is 5.57 Å². The molecule has 2 aromatic carbocycles. The van der Waals surface area contributed by atoms with Crippen LogP contribution in [-0.2, 0) is 0 Å². The predicted octanol–water partition coefficient (Wildman–Crippen LogP) is 4.89. The maximum absolute atomic E-state index is 9.85. The fourth-order valence-corrected chi connectivity index (χ4v) is 3.81. The lowest BCUT2D eigenvalue weighted by Gasteiger charge is -2.23. The lowest BCUT2D eigenvalue weighted by atomic mass is 9.96. The highest BCUT2D eigenvalue weighted by molar-refractivity contribution is 7.99. The summed E-state index contributed by atoms with van der Waals surface area (Å²) in [5, 5.41) is 10.6. The van der Waals surface area contributed by atoms with E-state index in [1.807, 2.05) is 24.3 Å². The summed E-state index contributed by atoms with van der Waals surface area (Å²) in [6.07, 6.45) is 3.20. The average Bonchev–Trinajstić information content (AvgIpc) is 2.47. The van der Waals surface area contributed by atoms with E-state index in [0.29, 0.717) is 5.75 Å². The van der Waals surface area contributed by atoms with E-state index in [2.05, 4.69) is 31.1 Å². The van der Waals surface area contributed by atoms with Gasteiger partial charge in [0.2, 0.25) is 0 Å². The van der Waals surface area contributed by atoms with Gasteiger partial charge in [-0.25, -0.2) is 0 Å². The monoisotopic (exact) mass is 331 g/mol. The van der Waals surface area contributed by atoms with Crippen molar-refractivity contribution in [2.45, 2.75) is 16.2 Å². The van der Waals surface area contributed by atoms with Crippen molar-refractivity contribution in [2.75, 3.05) is 20.6 Å². The van der Waals surface area contributed by atoms with Crippen molar-refractivity contribution in [1.82, 2.24) is 4.90 Å². The second-order valence-corrected chi connectivity index (χ2v) is 7.15. The quantitative estimate of drug-likeness (QED) is 0.739. The summed E-state index contributed by atoms with van der Waals surface area (Å²) in [5.41, 5.74) is 3.39. The third kappa shape index (κ3) is 3.17. The van der Waals surface area contributed by atoms with Gasteiger partial charge < -0.3 is 10.0 Å². The number of phenolic OH excluding ortho intramolecular Hbond substituents is 1. The Hall–Kier alpha value is -1.42. The van der Waals surface area contributed by atoms with Crippen LogP contribution in [0.15, 0.2) is 52.3 Å². The van der Waals surface area contributed by atoms with Crippen LogP contribution in [0.1, 0.15) is 17.5 Å². The van der Waals surface area contributed by atoms with Gasteiger partial charge in [-0.15, -0.1) is 0 Å². The van der Waals surface area contributed by atoms with E-state index in [0.717, 1.165) is 34.7 Å². The zero-order valence-corrected chi connectivity index (χ0v) is 14.2. The molecule has 2 aromatic rings. The van der Waals surface area contributed by atoms with E-state index in [1.165, 1.54) is 9.79 Å². The first-order valence-corrected chi connectivity index (χ1v) is 8.40. The van der Waals surface area contributed by atoms with Crippen molar-refractivity contribution in [3.63, 3.8) is 0 Å². The number of aromatic hydroxyl groups is 1. The van der Waals surface area contributed by atoms with E-state index in [4.69, 9.17) is 11.6 Å². The van der Waals surface area contributed by atoms with Crippen LogP contribution in [0.3, 0.4) is 0 Å². The first-order valence-electron chi connectivity index (χ1n) is 7.20. The molecule has 3 rings (SSSR count). The number of phenols is 1. The molecule has 1 aliphatic rings. The summed E-state index contributed by atoms with van der Waals surface area (Å²) in [4.78, 5) is 4.54. The van der Waals surface area contributed by atoms with Gasteiger partial charge in [0.15, 0.2) is 0 Å². The van der Waals surface area contributed by atoms with E-state index in [1.54, 1.807) is 17.8 Å². The van der Waals surface area contributed by atoms with Crippen molar-refractivity contribution in [1.29, 1.82) is 0 Å². The van der Waals surface area contributed by atoms with Crippen LogP contribution < -0.4 is 0 Å². The lowest BCUT2D eigenvalue weighted by molar-refractivity contribution is 0.417. The maximum atomic E-state index is 9.85. The van der Waals surface area contributed by atoms with E-state index in [-0.39, 0.29) is 0 Å². The Morgan fingerprint density at radius 1 is 1.09 bits per heavy atom.